The zero-order valence-corrected chi connectivity index (χ0v) is 14.1. The van der Waals surface area contributed by atoms with Gasteiger partial charge < -0.3 is 13.6 Å². The van der Waals surface area contributed by atoms with Gasteiger partial charge in [-0.15, -0.1) is 0 Å². The molecule has 0 aliphatic carbocycles. The van der Waals surface area contributed by atoms with Crippen LogP contribution in [-0.2, 0) is 13.6 Å². The Morgan fingerprint density at radius 2 is 1.47 bits per heavy atom. The normalized spacial score (nSPS) is 30.2. The van der Waals surface area contributed by atoms with E-state index < -0.39 is 16.6 Å². The molecule has 0 unspecified atom stereocenters. The van der Waals surface area contributed by atoms with Gasteiger partial charge in [-0.3, -0.25) is 0 Å². The molecule has 0 N–H and O–H groups in total. The van der Waals surface area contributed by atoms with Crippen LogP contribution < -0.4 is 0 Å². The van der Waals surface area contributed by atoms with Crippen molar-refractivity contribution >= 4 is 16.6 Å². The van der Waals surface area contributed by atoms with E-state index in [-0.39, 0.29) is 18.3 Å². The molecule has 0 saturated heterocycles. The minimum Gasteiger partial charge on any atom is -0.496 e. The summed E-state index contributed by atoms with van der Waals surface area (Å²) in [7, 11) is -3.14. The minimum absolute atomic E-state index is 0.0263. The van der Waals surface area contributed by atoms with E-state index in [4.69, 9.17) is 13.6 Å². The molecule has 0 amide bonds. The fraction of sp³-hybridized carbons (Fsp3) is 0.833. The van der Waals surface area contributed by atoms with Crippen molar-refractivity contribution in [3.63, 3.8) is 0 Å². The summed E-state index contributed by atoms with van der Waals surface area (Å²) in [5.41, 5.74) is 0. The van der Waals surface area contributed by atoms with Gasteiger partial charge >= 0.3 is 0 Å². The van der Waals surface area contributed by atoms with Crippen molar-refractivity contribution in [3.8, 4) is 0 Å². The van der Waals surface area contributed by atoms with E-state index in [0.29, 0.717) is 0 Å². The van der Waals surface area contributed by atoms with Crippen molar-refractivity contribution < 1.29 is 13.6 Å². The van der Waals surface area contributed by atoms with Gasteiger partial charge in [-0.2, -0.15) is 0 Å². The van der Waals surface area contributed by atoms with Crippen LogP contribution in [0.5, 0.6) is 0 Å². The molecular weight excluding hydrogens is 248 g/mol. The van der Waals surface area contributed by atoms with Crippen molar-refractivity contribution in [3.05, 3.63) is 12.3 Å². The molecule has 0 aromatic heterocycles. The summed E-state index contributed by atoms with van der Waals surface area (Å²) in [6.07, 6.45) is 3.87. The van der Waals surface area contributed by atoms with Gasteiger partial charge in [0.15, 0.2) is 16.6 Å². The van der Waals surface area contributed by atoms with Crippen molar-refractivity contribution in [1.29, 1.82) is 0 Å². The molecule has 1 heterocycles. The highest BCUT2D eigenvalue weighted by atomic mass is 28.4. The second-order valence-corrected chi connectivity index (χ2v) is 15.5. The van der Waals surface area contributed by atoms with Crippen LogP contribution in [0.15, 0.2) is 12.3 Å². The number of hydrogen-bond acceptors (Lipinski definition) is 3. The Labute approximate surface area is 107 Å². The van der Waals surface area contributed by atoms with Gasteiger partial charge in [0.2, 0.25) is 0 Å². The SMILES string of the molecule is C[C@H]1OC=C[C@@H](O[Si](C)(C)C)[C@H]1O[Si](C)(C)C. The average Bonchev–Trinajstić information content (AvgIpc) is 2.07. The molecule has 0 aromatic carbocycles. The van der Waals surface area contributed by atoms with E-state index in [1.54, 1.807) is 6.26 Å². The Kier molecular flexibility index (Phi) is 4.63. The zero-order chi connectivity index (χ0) is 13.3. The highest BCUT2D eigenvalue weighted by molar-refractivity contribution is 6.70. The fourth-order valence-electron chi connectivity index (χ4n) is 1.79. The topological polar surface area (TPSA) is 27.7 Å². The Bertz CT molecular complexity index is 278. The molecular formula is C12H26O3Si2. The summed E-state index contributed by atoms with van der Waals surface area (Å²) in [5.74, 6) is 0. The van der Waals surface area contributed by atoms with Gasteiger partial charge in [-0.1, -0.05) is 0 Å². The molecule has 1 aliphatic heterocycles. The van der Waals surface area contributed by atoms with Crippen LogP contribution in [0.25, 0.3) is 0 Å². The zero-order valence-electron chi connectivity index (χ0n) is 12.1. The summed E-state index contributed by atoms with van der Waals surface area (Å²) >= 11 is 0. The third-order valence-corrected chi connectivity index (χ3v) is 4.29. The molecule has 0 fully saturated rings. The molecule has 0 aromatic rings. The number of hydrogen-bond donors (Lipinski definition) is 0. The molecule has 17 heavy (non-hydrogen) atoms. The first-order valence-electron chi connectivity index (χ1n) is 6.26. The van der Waals surface area contributed by atoms with Crippen LogP contribution in [0.2, 0.25) is 39.3 Å². The van der Waals surface area contributed by atoms with Gasteiger partial charge in [0, 0.05) is 0 Å². The first kappa shape index (κ1) is 15.0. The molecule has 100 valence electrons. The lowest BCUT2D eigenvalue weighted by atomic mass is 10.1. The Hall–Kier alpha value is -0.106. The summed E-state index contributed by atoms with van der Waals surface area (Å²) in [6, 6.07) is 0. The van der Waals surface area contributed by atoms with E-state index in [1.165, 1.54) is 0 Å². The van der Waals surface area contributed by atoms with Crippen molar-refractivity contribution in [2.75, 3.05) is 0 Å². The van der Waals surface area contributed by atoms with Gasteiger partial charge in [0.05, 0.1) is 12.4 Å². The van der Waals surface area contributed by atoms with E-state index in [9.17, 15) is 0 Å². The van der Waals surface area contributed by atoms with Gasteiger partial charge in [-0.05, 0) is 52.3 Å². The van der Waals surface area contributed by atoms with E-state index in [0.717, 1.165) is 0 Å². The molecule has 0 bridgehead atoms. The minimum atomic E-state index is -1.58. The fourth-order valence-corrected chi connectivity index (χ4v) is 3.96. The van der Waals surface area contributed by atoms with Crippen LogP contribution in [0.1, 0.15) is 6.92 Å². The summed E-state index contributed by atoms with van der Waals surface area (Å²) in [6.45, 7) is 15.2. The first-order valence-corrected chi connectivity index (χ1v) is 13.1. The van der Waals surface area contributed by atoms with E-state index in [2.05, 4.69) is 46.2 Å². The highest BCUT2D eigenvalue weighted by Gasteiger charge is 2.36. The molecule has 5 heteroatoms. The third-order valence-electron chi connectivity index (χ3n) is 2.33. The highest BCUT2D eigenvalue weighted by Crippen LogP contribution is 2.24. The molecule has 0 saturated carbocycles. The molecule has 1 aliphatic rings. The maximum Gasteiger partial charge on any atom is 0.184 e. The largest absolute Gasteiger partial charge is 0.496 e. The second-order valence-electron chi connectivity index (χ2n) is 6.56. The van der Waals surface area contributed by atoms with E-state index >= 15 is 0 Å². The first-order chi connectivity index (χ1) is 7.58. The summed E-state index contributed by atoms with van der Waals surface area (Å²) in [4.78, 5) is 0. The monoisotopic (exact) mass is 274 g/mol. The summed E-state index contributed by atoms with van der Waals surface area (Å²) < 4.78 is 17.9. The standard InChI is InChI=1S/C12H26O3Si2/c1-10-12(15-17(5,6)7)11(8-9-13-10)14-16(2,3)4/h8-12H,1-7H3/t10-,11-,12+/m1/s1. The Morgan fingerprint density at radius 3 is 1.94 bits per heavy atom. The van der Waals surface area contributed by atoms with Crippen molar-refractivity contribution in [1.82, 2.24) is 0 Å². The molecule has 1 rings (SSSR count). The predicted molar refractivity (Wildman–Crippen MR) is 76.1 cm³/mol. The smallest absolute Gasteiger partial charge is 0.184 e. The Morgan fingerprint density at radius 1 is 0.941 bits per heavy atom. The maximum atomic E-state index is 6.21. The lowest BCUT2D eigenvalue weighted by Gasteiger charge is -2.39. The van der Waals surface area contributed by atoms with Crippen molar-refractivity contribution in [2.24, 2.45) is 0 Å². The van der Waals surface area contributed by atoms with E-state index in [1.807, 2.05) is 6.08 Å². The van der Waals surface area contributed by atoms with Crippen LogP contribution in [0.3, 0.4) is 0 Å². The predicted octanol–water partition coefficient (Wildman–Crippen LogP) is 3.36. The van der Waals surface area contributed by atoms with Crippen LogP contribution in [0.4, 0.5) is 0 Å². The summed E-state index contributed by atoms with van der Waals surface area (Å²) in [5, 5.41) is 0. The van der Waals surface area contributed by atoms with Crippen LogP contribution in [0, 0.1) is 0 Å². The van der Waals surface area contributed by atoms with Crippen LogP contribution >= 0.6 is 0 Å². The third kappa shape index (κ3) is 5.37. The van der Waals surface area contributed by atoms with Gasteiger partial charge in [0.1, 0.15) is 12.2 Å². The van der Waals surface area contributed by atoms with Gasteiger partial charge in [-0.25, -0.2) is 0 Å². The van der Waals surface area contributed by atoms with Gasteiger partial charge in [0.25, 0.3) is 0 Å². The lowest BCUT2D eigenvalue weighted by Crippen LogP contribution is -2.50. The van der Waals surface area contributed by atoms with Crippen molar-refractivity contribution in [2.45, 2.75) is 64.5 Å². The Balaban J connectivity index is 2.77. The quantitative estimate of drug-likeness (QED) is 0.736. The number of ether oxygens (including phenoxy) is 1. The number of rotatable bonds is 4. The molecule has 0 radical (unpaired) electrons. The van der Waals surface area contributed by atoms with Crippen LogP contribution in [-0.4, -0.2) is 34.9 Å². The average molecular weight is 275 g/mol. The molecule has 3 nitrogen and oxygen atoms in total. The lowest BCUT2D eigenvalue weighted by molar-refractivity contribution is -0.0379. The second kappa shape index (κ2) is 5.26. The molecule has 0 spiro atoms. The molecule has 3 atom stereocenters. The maximum absolute atomic E-state index is 6.21.